The lowest BCUT2D eigenvalue weighted by Crippen LogP contribution is -2.22. The zero-order chi connectivity index (χ0) is 12.1. The molecule has 1 aliphatic rings. The maximum atomic E-state index is 6.03. The van der Waals surface area contributed by atoms with Crippen LogP contribution < -0.4 is 5.73 Å². The standard InChI is InChI=1S/C12H22N4S/c1-2-6-10(13)9-17-12-15-14-11-7-4-3-5-8-16(11)12/h10H,2-9,13H2,1H3. The predicted molar refractivity (Wildman–Crippen MR) is 71.2 cm³/mol. The molecule has 2 N–H and O–H groups in total. The molecule has 1 aromatic rings. The normalized spacial score (nSPS) is 17.5. The second-order valence-corrected chi connectivity index (χ2v) is 5.71. The molecule has 4 nitrogen and oxygen atoms in total. The Morgan fingerprint density at radius 3 is 3.06 bits per heavy atom. The number of nitrogens with two attached hydrogens (primary N) is 1. The monoisotopic (exact) mass is 254 g/mol. The molecule has 1 aromatic heterocycles. The zero-order valence-corrected chi connectivity index (χ0v) is 11.4. The number of fused-ring (bicyclic) bond motifs is 1. The number of thioether (sulfide) groups is 1. The lowest BCUT2D eigenvalue weighted by atomic mass is 10.2. The Morgan fingerprint density at radius 1 is 1.35 bits per heavy atom. The summed E-state index contributed by atoms with van der Waals surface area (Å²) in [5.74, 6) is 2.11. The summed E-state index contributed by atoms with van der Waals surface area (Å²) < 4.78 is 2.29. The molecular weight excluding hydrogens is 232 g/mol. The average Bonchev–Trinajstić information content (AvgIpc) is 2.56. The lowest BCUT2D eigenvalue weighted by Gasteiger charge is -2.10. The Labute approximate surface area is 107 Å². The topological polar surface area (TPSA) is 56.7 Å². The fourth-order valence-electron chi connectivity index (χ4n) is 2.20. The fraction of sp³-hybridized carbons (Fsp3) is 0.833. The average molecular weight is 254 g/mol. The van der Waals surface area contributed by atoms with Gasteiger partial charge >= 0.3 is 0 Å². The van der Waals surface area contributed by atoms with Crippen molar-refractivity contribution in [3.05, 3.63) is 5.82 Å². The number of hydrogen-bond donors (Lipinski definition) is 1. The van der Waals surface area contributed by atoms with Crippen LogP contribution >= 0.6 is 11.8 Å². The lowest BCUT2D eigenvalue weighted by molar-refractivity contribution is 0.589. The minimum Gasteiger partial charge on any atom is -0.327 e. The van der Waals surface area contributed by atoms with Crippen molar-refractivity contribution >= 4 is 11.8 Å². The number of hydrogen-bond acceptors (Lipinski definition) is 4. The van der Waals surface area contributed by atoms with Crippen molar-refractivity contribution in [1.82, 2.24) is 14.8 Å². The Morgan fingerprint density at radius 2 is 2.24 bits per heavy atom. The van der Waals surface area contributed by atoms with Gasteiger partial charge in [-0.2, -0.15) is 0 Å². The molecule has 0 bridgehead atoms. The summed E-state index contributed by atoms with van der Waals surface area (Å²) >= 11 is 1.76. The van der Waals surface area contributed by atoms with Crippen LogP contribution in [-0.2, 0) is 13.0 Å². The van der Waals surface area contributed by atoms with Gasteiger partial charge in [0.1, 0.15) is 5.82 Å². The van der Waals surface area contributed by atoms with E-state index in [2.05, 4.69) is 21.7 Å². The SMILES string of the molecule is CCCC(N)CSc1nnc2n1CCCCC2. The van der Waals surface area contributed by atoms with E-state index in [0.29, 0.717) is 0 Å². The van der Waals surface area contributed by atoms with E-state index in [9.17, 15) is 0 Å². The molecule has 0 spiro atoms. The molecule has 0 saturated carbocycles. The minimum absolute atomic E-state index is 0.281. The molecule has 0 aromatic carbocycles. The van der Waals surface area contributed by atoms with E-state index in [4.69, 9.17) is 5.73 Å². The molecule has 1 unspecified atom stereocenters. The third-order valence-corrected chi connectivity index (χ3v) is 4.32. The molecule has 0 amide bonds. The van der Waals surface area contributed by atoms with Crippen LogP contribution in [0.25, 0.3) is 0 Å². The Hall–Kier alpha value is -0.550. The molecule has 2 heterocycles. The van der Waals surface area contributed by atoms with Gasteiger partial charge in [-0.05, 0) is 19.3 Å². The van der Waals surface area contributed by atoms with Gasteiger partial charge in [0.2, 0.25) is 0 Å². The van der Waals surface area contributed by atoms with Gasteiger partial charge in [0.25, 0.3) is 0 Å². The van der Waals surface area contributed by atoms with Crippen molar-refractivity contribution in [2.75, 3.05) is 5.75 Å². The number of rotatable bonds is 5. The predicted octanol–water partition coefficient (Wildman–Crippen LogP) is 2.22. The molecule has 1 atom stereocenters. The molecule has 0 aliphatic carbocycles. The third-order valence-electron chi connectivity index (χ3n) is 3.16. The van der Waals surface area contributed by atoms with Crippen molar-refractivity contribution in [2.24, 2.45) is 5.73 Å². The van der Waals surface area contributed by atoms with Gasteiger partial charge in [-0.15, -0.1) is 10.2 Å². The van der Waals surface area contributed by atoms with E-state index in [0.717, 1.165) is 42.5 Å². The van der Waals surface area contributed by atoms with Gasteiger partial charge in [0, 0.05) is 24.8 Å². The molecule has 1 aliphatic heterocycles. The van der Waals surface area contributed by atoms with Crippen molar-refractivity contribution in [3.63, 3.8) is 0 Å². The van der Waals surface area contributed by atoms with Crippen molar-refractivity contribution in [1.29, 1.82) is 0 Å². The van der Waals surface area contributed by atoms with Gasteiger partial charge in [-0.1, -0.05) is 31.5 Å². The van der Waals surface area contributed by atoms with Crippen LogP contribution in [-0.4, -0.2) is 26.6 Å². The van der Waals surface area contributed by atoms with Gasteiger partial charge in [-0.25, -0.2) is 0 Å². The smallest absolute Gasteiger partial charge is 0.191 e. The van der Waals surface area contributed by atoms with E-state index in [1.165, 1.54) is 19.3 Å². The molecule has 96 valence electrons. The molecule has 0 radical (unpaired) electrons. The number of aryl methyl sites for hydroxylation is 1. The van der Waals surface area contributed by atoms with E-state index in [1.807, 2.05) is 0 Å². The van der Waals surface area contributed by atoms with Crippen LogP contribution in [0.5, 0.6) is 0 Å². The molecule has 17 heavy (non-hydrogen) atoms. The van der Waals surface area contributed by atoms with Gasteiger partial charge < -0.3 is 10.3 Å². The van der Waals surface area contributed by atoms with Gasteiger partial charge in [-0.3, -0.25) is 0 Å². The summed E-state index contributed by atoms with van der Waals surface area (Å²) in [6.07, 6.45) is 7.13. The molecular formula is C12H22N4S. The van der Waals surface area contributed by atoms with Crippen LogP contribution in [0.4, 0.5) is 0 Å². The quantitative estimate of drug-likeness (QED) is 0.819. The maximum absolute atomic E-state index is 6.03. The second kappa shape index (κ2) is 6.40. The van der Waals surface area contributed by atoms with E-state index < -0.39 is 0 Å². The molecule has 0 saturated heterocycles. The van der Waals surface area contributed by atoms with Crippen LogP contribution in [0.1, 0.15) is 44.9 Å². The second-order valence-electron chi connectivity index (χ2n) is 4.72. The summed E-state index contributed by atoms with van der Waals surface area (Å²) in [4.78, 5) is 0. The summed E-state index contributed by atoms with van der Waals surface area (Å²) in [7, 11) is 0. The van der Waals surface area contributed by atoms with E-state index >= 15 is 0 Å². The Kier molecular flexibility index (Phi) is 4.86. The largest absolute Gasteiger partial charge is 0.327 e. The van der Waals surface area contributed by atoms with Gasteiger partial charge in [0.05, 0.1) is 0 Å². The van der Waals surface area contributed by atoms with Gasteiger partial charge in [0.15, 0.2) is 5.16 Å². The van der Waals surface area contributed by atoms with E-state index in [-0.39, 0.29) is 6.04 Å². The summed E-state index contributed by atoms with van der Waals surface area (Å²) in [6.45, 7) is 3.25. The van der Waals surface area contributed by atoms with Crippen molar-refractivity contribution < 1.29 is 0 Å². The van der Waals surface area contributed by atoms with Crippen LogP contribution in [0.15, 0.2) is 5.16 Å². The number of nitrogens with zero attached hydrogens (tertiary/aromatic N) is 3. The highest BCUT2D eigenvalue weighted by molar-refractivity contribution is 7.99. The van der Waals surface area contributed by atoms with Crippen molar-refractivity contribution in [3.8, 4) is 0 Å². The first kappa shape index (κ1) is 12.9. The van der Waals surface area contributed by atoms with Crippen LogP contribution in [0, 0.1) is 0 Å². The highest BCUT2D eigenvalue weighted by Crippen LogP contribution is 2.22. The Balaban J connectivity index is 1.94. The molecule has 5 heteroatoms. The first-order valence-corrected chi connectivity index (χ1v) is 7.60. The first-order chi connectivity index (χ1) is 8.31. The fourth-order valence-corrected chi connectivity index (χ4v) is 3.18. The van der Waals surface area contributed by atoms with E-state index in [1.54, 1.807) is 11.8 Å². The van der Waals surface area contributed by atoms with Crippen LogP contribution in [0.2, 0.25) is 0 Å². The maximum Gasteiger partial charge on any atom is 0.191 e. The van der Waals surface area contributed by atoms with Crippen LogP contribution in [0.3, 0.4) is 0 Å². The zero-order valence-electron chi connectivity index (χ0n) is 10.6. The summed E-state index contributed by atoms with van der Waals surface area (Å²) in [6, 6.07) is 0.281. The third kappa shape index (κ3) is 3.45. The number of aromatic nitrogens is 3. The Bertz CT molecular complexity index is 350. The highest BCUT2D eigenvalue weighted by atomic mass is 32.2. The first-order valence-electron chi connectivity index (χ1n) is 6.61. The molecule has 0 fully saturated rings. The molecule has 2 rings (SSSR count). The highest BCUT2D eigenvalue weighted by Gasteiger charge is 2.15. The summed E-state index contributed by atoms with van der Waals surface area (Å²) in [5, 5.41) is 9.65. The van der Waals surface area contributed by atoms with Crippen molar-refractivity contribution in [2.45, 2.75) is 63.2 Å². The minimum atomic E-state index is 0.281. The summed E-state index contributed by atoms with van der Waals surface area (Å²) in [5.41, 5.74) is 6.03.